The van der Waals surface area contributed by atoms with E-state index in [4.69, 9.17) is 0 Å². The van der Waals surface area contributed by atoms with Gasteiger partial charge in [0.1, 0.15) is 12.4 Å². The van der Waals surface area contributed by atoms with Gasteiger partial charge >= 0.3 is 0 Å². The van der Waals surface area contributed by atoms with Gasteiger partial charge in [-0.15, -0.1) is 0 Å². The number of carbonyl (C=O) groups excluding carboxylic acids is 1. The summed E-state index contributed by atoms with van der Waals surface area (Å²) < 4.78 is 1.68. The van der Waals surface area contributed by atoms with Crippen LogP contribution in [0.25, 0.3) is 11.0 Å². The molecule has 7 heteroatoms. The van der Waals surface area contributed by atoms with Crippen LogP contribution in [0.1, 0.15) is 18.3 Å². The van der Waals surface area contributed by atoms with E-state index < -0.39 is 0 Å². The highest BCUT2D eigenvalue weighted by atomic mass is 32.2. The van der Waals surface area contributed by atoms with Gasteiger partial charge < -0.3 is 14.9 Å². The summed E-state index contributed by atoms with van der Waals surface area (Å²) in [5.41, 5.74) is 1.78. The molecule has 130 valence electrons. The fraction of sp³-hybridized carbons (Fsp3) is 0.278. The van der Waals surface area contributed by atoms with Crippen LogP contribution in [0.3, 0.4) is 0 Å². The highest BCUT2D eigenvalue weighted by Crippen LogP contribution is 2.20. The predicted molar refractivity (Wildman–Crippen MR) is 101 cm³/mol. The number of aromatic amines is 1. The first-order chi connectivity index (χ1) is 12.2. The number of imidazole rings is 1. The number of fused-ring (bicyclic) bond motifs is 1. The molecule has 0 aliphatic rings. The van der Waals surface area contributed by atoms with Crippen LogP contribution in [-0.4, -0.2) is 32.5 Å². The molecule has 0 aliphatic carbocycles. The molecular weight excluding hydrogens is 336 g/mol. The third-order valence-corrected chi connectivity index (χ3v) is 4.51. The molecule has 2 heterocycles. The van der Waals surface area contributed by atoms with Crippen LogP contribution in [-0.2, 0) is 11.3 Å². The second kappa shape index (κ2) is 8.02. The predicted octanol–water partition coefficient (Wildman–Crippen LogP) is 2.34. The minimum absolute atomic E-state index is 0.0724. The maximum atomic E-state index is 12.4. The molecule has 1 atom stereocenters. The fourth-order valence-electron chi connectivity index (χ4n) is 2.61. The molecule has 0 saturated carbocycles. The monoisotopic (exact) mass is 356 g/mol. The first kappa shape index (κ1) is 17.3. The fourth-order valence-corrected chi connectivity index (χ4v) is 3.08. The number of nitrogens with zero attached hydrogens (tertiary/aromatic N) is 2. The number of hydrogen-bond donors (Lipinski definition) is 2. The number of aromatic nitrogens is 3. The number of benzene rings is 1. The summed E-state index contributed by atoms with van der Waals surface area (Å²) in [6.45, 7) is 0.163. The molecule has 0 spiro atoms. The maximum absolute atomic E-state index is 12.4. The Morgan fingerprint density at radius 2 is 2.04 bits per heavy atom. The van der Waals surface area contributed by atoms with Crippen molar-refractivity contribution in [1.82, 2.24) is 19.9 Å². The van der Waals surface area contributed by atoms with E-state index in [1.807, 2.05) is 30.5 Å². The number of amides is 1. The topological polar surface area (TPSA) is 79.8 Å². The highest BCUT2D eigenvalue weighted by Gasteiger charge is 2.18. The van der Waals surface area contributed by atoms with E-state index in [9.17, 15) is 9.59 Å². The summed E-state index contributed by atoms with van der Waals surface area (Å²) in [6, 6.07) is 10.5. The summed E-state index contributed by atoms with van der Waals surface area (Å²) >= 11 is 1.73. The Kier molecular flexibility index (Phi) is 5.55. The molecule has 2 N–H and O–H groups in total. The molecule has 1 unspecified atom stereocenters. The van der Waals surface area contributed by atoms with E-state index in [1.54, 1.807) is 28.7 Å². The van der Waals surface area contributed by atoms with Gasteiger partial charge in [0, 0.05) is 24.5 Å². The summed E-state index contributed by atoms with van der Waals surface area (Å²) in [6.07, 6.45) is 6.05. The molecule has 2 aromatic heterocycles. The van der Waals surface area contributed by atoms with Crippen molar-refractivity contribution in [3.8, 4) is 0 Å². The summed E-state index contributed by atoms with van der Waals surface area (Å²) in [7, 11) is 0. The van der Waals surface area contributed by atoms with Crippen LogP contribution in [0.4, 0.5) is 0 Å². The zero-order valence-electron chi connectivity index (χ0n) is 13.9. The number of para-hydroxylation sites is 2. The molecule has 0 fully saturated rings. The third-order valence-electron chi connectivity index (χ3n) is 3.87. The molecular formula is C18H20N4O2S. The summed E-state index contributed by atoms with van der Waals surface area (Å²) in [5.74, 6) is 1.57. The second-order valence-electron chi connectivity index (χ2n) is 5.75. The minimum Gasteiger partial charge on any atom is -0.345 e. The number of hydrogen-bond acceptors (Lipinski definition) is 4. The SMILES string of the molecule is CSCCC(NC(=O)Cn1ccc(=O)cc1)c1nc2ccccc2[nH]1. The molecule has 0 aliphatic heterocycles. The number of H-pyrrole nitrogens is 1. The van der Waals surface area contributed by atoms with Crippen LogP contribution < -0.4 is 10.7 Å². The molecule has 6 nitrogen and oxygen atoms in total. The lowest BCUT2D eigenvalue weighted by molar-refractivity contribution is -0.122. The van der Waals surface area contributed by atoms with E-state index in [2.05, 4.69) is 15.3 Å². The molecule has 0 saturated heterocycles. The van der Waals surface area contributed by atoms with Gasteiger partial charge in [0.2, 0.25) is 5.91 Å². The van der Waals surface area contributed by atoms with Crippen LogP contribution in [0.2, 0.25) is 0 Å². The number of rotatable bonds is 7. The normalized spacial score (nSPS) is 12.2. The van der Waals surface area contributed by atoms with Gasteiger partial charge in [-0.25, -0.2) is 4.98 Å². The van der Waals surface area contributed by atoms with E-state index in [0.717, 1.165) is 29.0 Å². The van der Waals surface area contributed by atoms with Crippen molar-refractivity contribution in [2.45, 2.75) is 19.0 Å². The Hall–Kier alpha value is -2.54. The molecule has 25 heavy (non-hydrogen) atoms. The minimum atomic E-state index is -0.174. The van der Waals surface area contributed by atoms with Crippen molar-refractivity contribution in [1.29, 1.82) is 0 Å². The van der Waals surface area contributed by atoms with Crippen molar-refractivity contribution in [3.63, 3.8) is 0 Å². The van der Waals surface area contributed by atoms with Crippen LogP contribution in [0.15, 0.2) is 53.6 Å². The number of nitrogens with one attached hydrogen (secondary N) is 2. The average Bonchev–Trinajstić information content (AvgIpc) is 3.04. The molecule has 1 aromatic carbocycles. The first-order valence-electron chi connectivity index (χ1n) is 8.05. The summed E-state index contributed by atoms with van der Waals surface area (Å²) in [5, 5.41) is 3.05. The lowest BCUT2D eigenvalue weighted by atomic mass is 10.2. The van der Waals surface area contributed by atoms with E-state index in [0.29, 0.717) is 0 Å². The lowest BCUT2D eigenvalue weighted by Gasteiger charge is -2.17. The van der Waals surface area contributed by atoms with E-state index in [-0.39, 0.29) is 23.9 Å². The average molecular weight is 356 g/mol. The van der Waals surface area contributed by atoms with Gasteiger partial charge in [0.25, 0.3) is 0 Å². The van der Waals surface area contributed by atoms with Crippen LogP contribution >= 0.6 is 11.8 Å². The number of pyridine rings is 1. The highest BCUT2D eigenvalue weighted by molar-refractivity contribution is 7.98. The smallest absolute Gasteiger partial charge is 0.240 e. The van der Waals surface area contributed by atoms with Crippen molar-refractivity contribution in [2.24, 2.45) is 0 Å². The molecule has 3 rings (SSSR count). The van der Waals surface area contributed by atoms with Gasteiger partial charge in [0.05, 0.1) is 17.1 Å². The van der Waals surface area contributed by atoms with Crippen molar-refractivity contribution >= 4 is 28.7 Å². The zero-order valence-corrected chi connectivity index (χ0v) is 14.8. The van der Waals surface area contributed by atoms with Crippen molar-refractivity contribution < 1.29 is 4.79 Å². The Morgan fingerprint density at radius 3 is 2.76 bits per heavy atom. The maximum Gasteiger partial charge on any atom is 0.240 e. The van der Waals surface area contributed by atoms with Crippen LogP contribution in [0.5, 0.6) is 0 Å². The second-order valence-corrected chi connectivity index (χ2v) is 6.73. The van der Waals surface area contributed by atoms with Gasteiger partial charge in [-0.05, 0) is 30.6 Å². The largest absolute Gasteiger partial charge is 0.345 e. The lowest BCUT2D eigenvalue weighted by Crippen LogP contribution is -2.32. The quantitative estimate of drug-likeness (QED) is 0.681. The molecule has 3 aromatic rings. The standard InChI is InChI=1S/C18H20N4O2S/c1-25-11-8-16(18-20-14-4-2-3-5-15(14)21-18)19-17(24)12-22-9-6-13(23)7-10-22/h2-7,9-10,16H,8,11-12H2,1H3,(H,19,24)(H,20,21). The molecule has 0 bridgehead atoms. The Bertz CT molecular complexity index is 865. The van der Waals surface area contributed by atoms with Gasteiger partial charge in [-0.3, -0.25) is 9.59 Å². The third kappa shape index (κ3) is 4.51. The molecule has 0 radical (unpaired) electrons. The van der Waals surface area contributed by atoms with Crippen molar-refractivity contribution in [3.05, 3.63) is 64.8 Å². The molecule has 1 amide bonds. The number of carbonyl (C=O) groups is 1. The first-order valence-corrected chi connectivity index (χ1v) is 9.44. The van der Waals surface area contributed by atoms with E-state index in [1.165, 1.54) is 12.1 Å². The van der Waals surface area contributed by atoms with Crippen LogP contribution in [0, 0.1) is 0 Å². The van der Waals surface area contributed by atoms with Gasteiger partial charge in [0.15, 0.2) is 5.43 Å². The zero-order chi connectivity index (χ0) is 17.6. The van der Waals surface area contributed by atoms with E-state index >= 15 is 0 Å². The van der Waals surface area contributed by atoms with Gasteiger partial charge in [-0.2, -0.15) is 11.8 Å². The number of thioether (sulfide) groups is 1. The Labute approximate surface area is 149 Å². The Balaban J connectivity index is 1.74. The van der Waals surface area contributed by atoms with Crippen molar-refractivity contribution in [2.75, 3.05) is 12.0 Å². The van der Waals surface area contributed by atoms with Gasteiger partial charge in [-0.1, -0.05) is 12.1 Å². The summed E-state index contributed by atoms with van der Waals surface area (Å²) in [4.78, 5) is 31.5. The Morgan fingerprint density at radius 1 is 1.28 bits per heavy atom.